The number of benzene rings is 2. The third-order valence-electron chi connectivity index (χ3n) is 3.21. The number of hydrogen-bond acceptors (Lipinski definition) is 3. The molecule has 0 radical (unpaired) electrons. The summed E-state index contributed by atoms with van der Waals surface area (Å²) in [6, 6.07) is 11.5. The minimum atomic E-state index is 0.600. The average Bonchev–Trinajstić information content (AvgIpc) is 2.98. The van der Waals surface area contributed by atoms with Crippen LogP contribution in [-0.4, -0.2) is 19.9 Å². The first-order valence-corrected chi connectivity index (χ1v) is 7.11. The number of rotatable bonds is 2. The van der Waals surface area contributed by atoms with Gasteiger partial charge in [0.15, 0.2) is 9.54 Å². The van der Waals surface area contributed by atoms with Crippen molar-refractivity contribution in [3.63, 3.8) is 0 Å². The van der Waals surface area contributed by atoms with Crippen molar-refractivity contribution >= 4 is 46.5 Å². The van der Waals surface area contributed by atoms with Gasteiger partial charge in [0.2, 0.25) is 0 Å². The number of fused-ring (bicyclic) bond motifs is 2. The van der Waals surface area contributed by atoms with Crippen molar-refractivity contribution in [3.05, 3.63) is 45.9 Å². The summed E-state index contributed by atoms with van der Waals surface area (Å²) in [7, 11) is 0. The summed E-state index contributed by atoms with van der Waals surface area (Å²) in [5.74, 6) is 1.47. The molecule has 0 saturated carbocycles. The van der Waals surface area contributed by atoms with Gasteiger partial charge in [0, 0.05) is 12.1 Å². The number of nitrogens with one attached hydrogen (secondary N) is 4. The fourth-order valence-electron chi connectivity index (χ4n) is 2.29. The standard InChI is InChI=1S/C14H10N4OS2/c20-13-15-9-3-1-7(5-11(9)17-13)19-8-2-4-10-12(6-8)18-14(21)16-10/h1-6H,(H2,15,17,20)(H2,16,18,21). The Morgan fingerprint density at radius 2 is 1.05 bits per heavy atom. The van der Waals surface area contributed by atoms with Crippen LogP contribution in [0.5, 0.6) is 11.5 Å². The van der Waals surface area contributed by atoms with Gasteiger partial charge in [-0.1, -0.05) is 0 Å². The lowest BCUT2D eigenvalue weighted by molar-refractivity contribution is 0.484. The molecule has 4 N–H and O–H groups in total. The van der Waals surface area contributed by atoms with E-state index in [1.807, 2.05) is 36.4 Å². The van der Waals surface area contributed by atoms with Gasteiger partial charge in [0.25, 0.3) is 0 Å². The fourth-order valence-corrected chi connectivity index (χ4v) is 2.73. The van der Waals surface area contributed by atoms with Crippen molar-refractivity contribution < 1.29 is 4.74 Å². The molecule has 104 valence electrons. The lowest BCUT2D eigenvalue weighted by Gasteiger charge is -2.05. The SMILES string of the molecule is S=c1[nH]c2ccc(Oc3ccc4[nH]c(=S)[nH]c4c3)cc2[nH]1. The van der Waals surface area contributed by atoms with Crippen molar-refractivity contribution in [1.29, 1.82) is 0 Å². The molecular formula is C14H10N4OS2. The van der Waals surface area contributed by atoms with Crippen molar-refractivity contribution in [3.8, 4) is 11.5 Å². The van der Waals surface area contributed by atoms with E-state index in [4.69, 9.17) is 29.2 Å². The Bertz CT molecular complexity index is 984. The Hall–Kier alpha value is -2.38. The molecule has 2 heterocycles. The summed E-state index contributed by atoms with van der Waals surface area (Å²) in [6.07, 6.45) is 0. The van der Waals surface area contributed by atoms with Crippen LogP contribution in [0.25, 0.3) is 22.1 Å². The van der Waals surface area contributed by atoms with Gasteiger partial charge in [0.1, 0.15) is 11.5 Å². The van der Waals surface area contributed by atoms with E-state index < -0.39 is 0 Å². The van der Waals surface area contributed by atoms with E-state index in [2.05, 4.69) is 19.9 Å². The van der Waals surface area contributed by atoms with E-state index in [-0.39, 0.29) is 0 Å². The predicted molar refractivity (Wildman–Crippen MR) is 87.0 cm³/mol. The third-order valence-corrected chi connectivity index (χ3v) is 3.62. The van der Waals surface area contributed by atoms with Crippen LogP contribution < -0.4 is 4.74 Å². The zero-order chi connectivity index (χ0) is 14.4. The molecule has 0 amide bonds. The van der Waals surface area contributed by atoms with E-state index in [0.717, 1.165) is 33.6 Å². The largest absolute Gasteiger partial charge is 0.457 e. The molecule has 0 aliphatic heterocycles. The van der Waals surface area contributed by atoms with Gasteiger partial charge in [0.05, 0.1) is 22.1 Å². The van der Waals surface area contributed by atoms with Gasteiger partial charge >= 0.3 is 0 Å². The molecule has 2 aromatic carbocycles. The van der Waals surface area contributed by atoms with Gasteiger partial charge in [-0.25, -0.2) is 0 Å². The minimum Gasteiger partial charge on any atom is -0.457 e. The zero-order valence-corrected chi connectivity index (χ0v) is 12.3. The Balaban J connectivity index is 1.74. The summed E-state index contributed by atoms with van der Waals surface area (Å²) >= 11 is 10.1. The molecule has 4 rings (SSSR count). The van der Waals surface area contributed by atoms with E-state index in [1.54, 1.807) is 0 Å². The van der Waals surface area contributed by atoms with Crippen LogP contribution in [-0.2, 0) is 0 Å². The fraction of sp³-hybridized carbons (Fsp3) is 0. The van der Waals surface area contributed by atoms with Crippen molar-refractivity contribution in [2.75, 3.05) is 0 Å². The molecule has 0 aliphatic carbocycles. The topological polar surface area (TPSA) is 72.4 Å². The Morgan fingerprint density at radius 3 is 1.52 bits per heavy atom. The number of imidazole rings is 2. The molecule has 0 unspecified atom stereocenters. The van der Waals surface area contributed by atoms with Gasteiger partial charge in [-0.05, 0) is 48.7 Å². The lowest BCUT2D eigenvalue weighted by atomic mass is 10.3. The second kappa shape index (κ2) is 4.57. The summed E-state index contributed by atoms with van der Waals surface area (Å²) in [5.41, 5.74) is 3.74. The molecule has 0 fully saturated rings. The van der Waals surface area contributed by atoms with Crippen LogP contribution in [0, 0.1) is 9.54 Å². The number of aromatic amines is 4. The first-order valence-electron chi connectivity index (χ1n) is 6.29. The summed E-state index contributed by atoms with van der Waals surface area (Å²) in [5, 5.41) is 0. The highest BCUT2D eigenvalue weighted by Crippen LogP contribution is 2.26. The Labute approximate surface area is 129 Å². The average molecular weight is 314 g/mol. The highest BCUT2D eigenvalue weighted by Gasteiger charge is 2.03. The van der Waals surface area contributed by atoms with Crippen LogP contribution in [0.3, 0.4) is 0 Å². The zero-order valence-electron chi connectivity index (χ0n) is 10.7. The van der Waals surface area contributed by atoms with Crippen LogP contribution in [0.2, 0.25) is 0 Å². The summed E-state index contributed by atoms with van der Waals surface area (Å²) in [6.45, 7) is 0. The molecule has 0 spiro atoms. The predicted octanol–water partition coefficient (Wildman–Crippen LogP) is 4.56. The second-order valence-corrected chi connectivity index (χ2v) is 5.49. The van der Waals surface area contributed by atoms with Crippen LogP contribution in [0.15, 0.2) is 36.4 Å². The van der Waals surface area contributed by atoms with Crippen LogP contribution in [0.1, 0.15) is 0 Å². The first kappa shape index (κ1) is 12.4. The van der Waals surface area contributed by atoms with Crippen molar-refractivity contribution in [2.45, 2.75) is 0 Å². The number of hydrogen-bond donors (Lipinski definition) is 4. The molecule has 2 aromatic heterocycles. The highest BCUT2D eigenvalue weighted by molar-refractivity contribution is 7.71. The first-order chi connectivity index (χ1) is 10.2. The molecule has 0 bridgehead atoms. The smallest absolute Gasteiger partial charge is 0.175 e. The number of ether oxygens (including phenoxy) is 1. The summed E-state index contributed by atoms with van der Waals surface area (Å²) in [4.78, 5) is 12.3. The van der Waals surface area contributed by atoms with E-state index in [9.17, 15) is 0 Å². The Kier molecular flexibility index (Phi) is 2.69. The van der Waals surface area contributed by atoms with E-state index >= 15 is 0 Å². The van der Waals surface area contributed by atoms with Crippen LogP contribution >= 0.6 is 24.4 Å². The second-order valence-electron chi connectivity index (χ2n) is 4.68. The lowest BCUT2D eigenvalue weighted by Crippen LogP contribution is -1.84. The Morgan fingerprint density at radius 1 is 0.619 bits per heavy atom. The molecule has 0 saturated heterocycles. The molecule has 5 nitrogen and oxygen atoms in total. The highest BCUT2D eigenvalue weighted by atomic mass is 32.1. The monoisotopic (exact) mass is 314 g/mol. The quantitative estimate of drug-likeness (QED) is 0.410. The molecule has 0 aliphatic rings. The molecule has 7 heteroatoms. The molecule has 4 aromatic rings. The maximum Gasteiger partial charge on any atom is 0.175 e. The van der Waals surface area contributed by atoms with E-state index in [0.29, 0.717) is 9.54 Å². The number of H-pyrrole nitrogens is 4. The van der Waals surface area contributed by atoms with Gasteiger partial charge < -0.3 is 24.7 Å². The molecular weight excluding hydrogens is 304 g/mol. The minimum absolute atomic E-state index is 0.600. The summed E-state index contributed by atoms with van der Waals surface area (Å²) < 4.78 is 7.08. The van der Waals surface area contributed by atoms with Crippen molar-refractivity contribution in [2.24, 2.45) is 0 Å². The maximum atomic E-state index is 5.88. The molecule has 0 atom stereocenters. The van der Waals surface area contributed by atoms with Crippen molar-refractivity contribution in [1.82, 2.24) is 19.9 Å². The van der Waals surface area contributed by atoms with E-state index in [1.165, 1.54) is 0 Å². The van der Waals surface area contributed by atoms with Crippen LogP contribution in [0.4, 0.5) is 0 Å². The molecule has 21 heavy (non-hydrogen) atoms. The van der Waals surface area contributed by atoms with Gasteiger partial charge in [-0.3, -0.25) is 0 Å². The normalized spacial score (nSPS) is 11.2. The van der Waals surface area contributed by atoms with Gasteiger partial charge in [-0.15, -0.1) is 0 Å². The number of aromatic nitrogens is 4. The maximum absolute atomic E-state index is 5.88. The third kappa shape index (κ3) is 2.26. The van der Waals surface area contributed by atoms with Gasteiger partial charge in [-0.2, -0.15) is 0 Å².